The molecule has 7 nitrogen and oxygen atoms in total. The Labute approximate surface area is 282 Å². The fourth-order valence-electron chi connectivity index (χ4n) is 7.29. The highest BCUT2D eigenvalue weighted by Gasteiger charge is 2.30. The molecule has 0 N–H and O–H groups in total. The van der Waals surface area contributed by atoms with Gasteiger partial charge in [-0.15, -0.1) is 0 Å². The Morgan fingerprint density at radius 2 is 1.65 bits per heavy atom. The monoisotopic (exact) mass is 658 g/mol. The van der Waals surface area contributed by atoms with Gasteiger partial charge in [0, 0.05) is 30.7 Å². The van der Waals surface area contributed by atoms with Gasteiger partial charge in [-0.05, 0) is 71.0 Å². The van der Waals surface area contributed by atoms with E-state index in [0.717, 1.165) is 24.2 Å². The van der Waals surface area contributed by atoms with Crippen LogP contribution in [0.1, 0.15) is 54.0 Å². The van der Waals surface area contributed by atoms with Crippen molar-refractivity contribution >= 4 is 17.0 Å². The second-order valence-electron chi connectivity index (χ2n) is 12.8. The lowest BCUT2D eigenvalue weighted by atomic mass is 9.98. The minimum Gasteiger partial charge on any atom is -0.485 e. The molecule has 0 spiro atoms. The van der Waals surface area contributed by atoms with Crippen molar-refractivity contribution in [1.82, 2.24) is 14.0 Å². The Bertz CT molecular complexity index is 2210. The minimum atomic E-state index is -1.29. The predicted molar refractivity (Wildman–Crippen MR) is 187 cm³/mol. The third-order valence-electron chi connectivity index (χ3n) is 9.82. The second-order valence-corrected chi connectivity index (χ2v) is 12.8. The molecule has 0 bridgehead atoms. The largest absolute Gasteiger partial charge is 0.485 e. The van der Waals surface area contributed by atoms with Crippen LogP contribution in [0.25, 0.3) is 28.1 Å². The van der Waals surface area contributed by atoms with Gasteiger partial charge in [0.05, 0.1) is 29.1 Å². The molecule has 2 aliphatic rings. The number of ether oxygens (including phenoxy) is 1. The molecule has 4 aromatic carbocycles. The van der Waals surface area contributed by atoms with E-state index < -0.39 is 30.7 Å². The number of benzene rings is 4. The SMILES string of the molecule is CC1C(N2CCC(n3c(=O)n(Cc4ccc(-c5ccccc5)c(C#N)c4)c(=O)c4cc(OC(CF)CF)ccc43)CC2)=Cc2ccccc21. The maximum Gasteiger partial charge on any atom is 0.332 e. The van der Waals surface area contributed by atoms with Crippen molar-refractivity contribution in [3.8, 4) is 22.9 Å². The first-order valence-electron chi connectivity index (χ1n) is 16.6. The van der Waals surface area contributed by atoms with Crippen LogP contribution in [0.5, 0.6) is 5.75 Å². The molecule has 1 saturated heterocycles. The number of halogens is 2. The number of hydrogen-bond donors (Lipinski definition) is 0. The highest BCUT2D eigenvalue weighted by Crippen LogP contribution is 2.39. The molecular formula is C40H36F2N4O3. The van der Waals surface area contributed by atoms with E-state index in [1.165, 1.54) is 27.5 Å². The average Bonchev–Trinajstić information content (AvgIpc) is 3.49. The van der Waals surface area contributed by atoms with Crippen molar-refractivity contribution in [2.24, 2.45) is 0 Å². The number of fused-ring (bicyclic) bond motifs is 2. The van der Waals surface area contributed by atoms with Gasteiger partial charge in [0.1, 0.15) is 19.1 Å². The highest BCUT2D eigenvalue weighted by molar-refractivity contribution is 5.80. The number of aromatic nitrogens is 2. The quantitative estimate of drug-likeness (QED) is 0.167. The van der Waals surface area contributed by atoms with Gasteiger partial charge in [-0.2, -0.15) is 5.26 Å². The van der Waals surface area contributed by atoms with Gasteiger partial charge in [0.25, 0.3) is 5.56 Å². The molecule has 0 radical (unpaired) electrons. The van der Waals surface area contributed by atoms with E-state index in [1.54, 1.807) is 22.8 Å². The maximum atomic E-state index is 14.3. The van der Waals surface area contributed by atoms with Gasteiger partial charge < -0.3 is 9.64 Å². The Morgan fingerprint density at radius 1 is 0.918 bits per heavy atom. The number of nitriles is 1. The van der Waals surface area contributed by atoms with Gasteiger partial charge in [-0.25, -0.2) is 13.6 Å². The van der Waals surface area contributed by atoms with E-state index in [-0.39, 0.29) is 29.6 Å². The van der Waals surface area contributed by atoms with Gasteiger partial charge in [0.2, 0.25) is 0 Å². The van der Waals surface area contributed by atoms with Gasteiger partial charge in [0.15, 0.2) is 6.10 Å². The summed E-state index contributed by atoms with van der Waals surface area (Å²) < 4.78 is 35.1. The molecule has 2 heterocycles. The maximum absolute atomic E-state index is 14.3. The number of likely N-dealkylation sites (tertiary alicyclic amines) is 1. The number of rotatable bonds is 9. The molecule has 248 valence electrons. The third-order valence-corrected chi connectivity index (χ3v) is 9.82. The molecule has 9 heteroatoms. The summed E-state index contributed by atoms with van der Waals surface area (Å²) in [4.78, 5) is 30.8. The summed E-state index contributed by atoms with van der Waals surface area (Å²) >= 11 is 0. The number of alkyl halides is 2. The Balaban J connectivity index is 1.26. The van der Waals surface area contributed by atoms with Crippen LogP contribution in [0, 0.1) is 11.3 Å². The van der Waals surface area contributed by atoms with E-state index >= 15 is 0 Å². The number of piperidine rings is 1. The molecular weight excluding hydrogens is 622 g/mol. The van der Waals surface area contributed by atoms with Crippen LogP contribution < -0.4 is 16.0 Å². The summed E-state index contributed by atoms with van der Waals surface area (Å²) in [6, 6.07) is 30.1. The summed E-state index contributed by atoms with van der Waals surface area (Å²) in [5.41, 5.74) is 5.99. The predicted octanol–water partition coefficient (Wildman–Crippen LogP) is 7.23. The molecule has 1 fully saturated rings. The molecule has 7 rings (SSSR count). The molecule has 5 aromatic rings. The topological polar surface area (TPSA) is 80.3 Å². The van der Waals surface area contributed by atoms with E-state index in [1.807, 2.05) is 48.5 Å². The lowest BCUT2D eigenvalue weighted by Crippen LogP contribution is -2.44. The van der Waals surface area contributed by atoms with Crippen molar-refractivity contribution < 1.29 is 13.5 Å². The third kappa shape index (κ3) is 6.04. The fraction of sp³-hybridized carbons (Fsp3) is 0.275. The van der Waals surface area contributed by atoms with Crippen LogP contribution in [-0.2, 0) is 6.54 Å². The first kappa shape index (κ1) is 32.1. The summed E-state index contributed by atoms with van der Waals surface area (Å²) in [5.74, 6) is 0.429. The lowest BCUT2D eigenvalue weighted by Gasteiger charge is -2.37. The zero-order valence-electron chi connectivity index (χ0n) is 27.2. The van der Waals surface area contributed by atoms with Crippen LogP contribution in [0.4, 0.5) is 8.78 Å². The van der Waals surface area contributed by atoms with Crippen molar-refractivity contribution in [2.45, 2.75) is 44.4 Å². The average molecular weight is 659 g/mol. The molecule has 1 aliphatic carbocycles. The summed E-state index contributed by atoms with van der Waals surface area (Å²) in [6.07, 6.45) is 2.33. The first-order chi connectivity index (χ1) is 23.9. The van der Waals surface area contributed by atoms with Gasteiger partial charge in [-0.3, -0.25) is 13.9 Å². The van der Waals surface area contributed by atoms with Crippen LogP contribution in [-0.4, -0.2) is 46.6 Å². The van der Waals surface area contributed by atoms with Crippen molar-refractivity contribution in [1.29, 1.82) is 5.26 Å². The van der Waals surface area contributed by atoms with E-state index in [2.05, 4.69) is 42.2 Å². The fourth-order valence-corrected chi connectivity index (χ4v) is 7.29. The minimum absolute atomic E-state index is 0.0540. The van der Waals surface area contributed by atoms with Crippen molar-refractivity contribution in [3.05, 3.63) is 140 Å². The Kier molecular flexibility index (Phi) is 8.87. The van der Waals surface area contributed by atoms with Crippen molar-refractivity contribution in [2.75, 3.05) is 26.4 Å². The summed E-state index contributed by atoms with van der Waals surface area (Å²) in [7, 11) is 0. The number of hydrogen-bond acceptors (Lipinski definition) is 5. The smallest absolute Gasteiger partial charge is 0.332 e. The van der Waals surface area contributed by atoms with E-state index in [4.69, 9.17) is 4.74 Å². The first-order valence-corrected chi connectivity index (χ1v) is 16.6. The number of nitrogens with zero attached hydrogens (tertiary/aromatic N) is 4. The zero-order valence-corrected chi connectivity index (χ0v) is 27.2. The molecule has 49 heavy (non-hydrogen) atoms. The van der Waals surface area contributed by atoms with Crippen LogP contribution >= 0.6 is 0 Å². The Morgan fingerprint density at radius 3 is 2.37 bits per heavy atom. The van der Waals surface area contributed by atoms with Crippen LogP contribution in [0.2, 0.25) is 0 Å². The highest BCUT2D eigenvalue weighted by atomic mass is 19.1. The second kappa shape index (κ2) is 13.6. The molecule has 0 amide bonds. The van der Waals surface area contributed by atoms with Crippen molar-refractivity contribution in [3.63, 3.8) is 0 Å². The molecule has 1 aromatic heterocycles. The number of allylic oxidation sites excluding steroid dienone is 1. The normalized spacial score (nSPS) is 16.1. The zero-order chi connectivity index (χ0) is 34.1. The van der Waals surface area contributed by atoms with E-state index in [0.29, 0.717) is 29.5 Å². The van der Waals surface area contributed by atoms with Crippen LogP contribution in [0.15, 0.2) is 106 Å². The van der Waals surface area contributed by atoms with E-state index in [9.17, 15) is 23.6 Å². The molecule has 1 aliphatic heterocycles. The van der Waals surface area contributed by atoms with Gasteiger partial charge >= 0.3 is 5.69 Å². The van der Waals surface area contributed by atoms with Gasteiger partial charge in [-0.1, -0.05) is 73.7 Å². The molecule has 0 saturated carbocycles. The lowest BCUT2D eigenvalue weighted by molar-refractivity contribution is 0.134. The standard InChI is InChI=1S/C40H36F2N4O3/c1-26-34-10-6-5-9-29(34)20-38(26)44-17-15-31(16-18-44)46-37-14-12-32(49-33(22-41)23-42)21-36(37)39(47)45(40(46)48)25-27-11-13-35(30(19-27)24-43)28-7-3-2-4-8-28/h2-14,19-21,26,31,33H,15-18,22-23,25H2,1H3. The summed E-state index contributed by atoms with van der Waals surface area (Å²) in [6.45, 7) is 1.61. The Hall–Kier alpha value is -5.49. The molecule has 1 unspecified atom stereocenters. The van der Waals surface area contributed by atoms with Crippen LogP contribution in [0.3, 0.4) is 0 Å². The summed E-state index contributed by atoms with van der Waals surface area (Å²) in [5, 5.41) is 10.2. The molecule has 1 atom stereocenters.